The fourth-order valence-electron chi connectivity index (χ4n) is 4.13. The van der Waals surface area contributed by atoms with Gasteiger partial charge in [0.1, 0.15) is 0 Å². The molecular formula is C18H34N2O. The highest BCUT2D eigenvalue weighted by Gasteiger charge is 2.28. The third-order valence-corrected chi connectivity index (χ3v) is 5.49. The second kappa shape index (κ2) is 8.77. The maximum Gasteiger partial charge on any atom is 0.223 e. The van der Waals surface area contributed by atoms with E-state index in [1.807, 2.05) is 0 Å². The number of nitrogens with zero attached hydrogens (tertiary/aromatic N) is 1. The van der Waals surface area contributed by atoms with E-state index in [9.17, 15) is 4.79 Å². The van der Waals surface area contributed by atoms with Gasteiger partial charge in [0.15, 0.2) is 0 Å². The second-order valence-electron chi connectivity index (χ2n) is 7.15. The molecule has 1 heterocycles. The number of nitrogens with one attached hydrogen (secondary N) is 1. The summed E-state index contributed by atoms with van der Waals surface area (Å²) in [6.45, 7) is 7.57. The van der Waals surface area contributed by atoms with E-state index in [0.717, 1.165) is 51.2 Å². The van der Waals surface area contributed by atoms with Gasteiger partial charge >= 0.3 is 0 Å². The van der Waals surface area contributed by atoms with Crippen molar-refractivity contribution >= 4 is 5.91 Å². The summed E-state index contributed by atoms with van der Waals surface area (Å²) >= 11 is 0. The highest BCUT2D eigenvalue weighted by Crippen LogP contribution is 2.32. The largest absolute Gasteiger partial charge is 0.340 e. The summed E-state index contributed by atoms with van der Waals surface area (Å²) in [5.41, 5.74) is 0. The summed E-state index contributed by atoms with van der Waals surface area (Å²) < 4.78 is 0. The molecule has 2 aliphatic rings. The van der Waals surface area contributed by atoms with Gasteiger partial charge in [-0.05, 0) is 44.2 Å². The van der Waals surface area contributed by atoms with E-state index in [1.165, 1.54) is 32.1 Å². The van der Waals surface area contributed by atoms with E-state index in [-0.39, 0.29) is 0 Å². The second-order valence-corrected chi connectivity index (χ2v) is 7.15. The predicted octanol–water partition coefficient (Wildman–Crippen LogP) is 3.58. The van der Waals surface area contributed by atoms with Crippen LogP contribution in [0.5, 0.6) is 0 Å². The van der Waals surface area contributed by atoms with E-state index in [2.05, 4.69) is 24.1 Å². The van der Waals surface area contributed by atoms with E-state index >= 15 is 0 Å². The number of carbonyl (C=O) groups excluding carboxylic acids is 1. The minimum atomic E-state index is 0.418. The quantitative estimate of drug-likeness (QED) is 0.812. The Labute approximate surface area is 130 Å². The van der Waals surface area contributed by atoms with E-state index in [0.29, 0.717) is 17.9 Å². The van der Waals surface area contributed by atoms with Crippen LogP contribution in [0.15, 0.2) is 0 Å². The minimum absolute atomic E-state index is 0.418. The molecule has 1 atom stereocenters. The average Bonchev–Trinajstić information content (AvgIpc) is 2.54. The Bertz CT molecular complexity index is 306. The molecule has 1 aliphatic carbocycles. The number of rotatable bonds is 6. The van der Waals surface area contributed by atoms with Crippen molar-refractivity contribution in [2.45, 2.75) is 77.7 Å². The number of piperidine rings is 1. The lowest BCUT2D eigenvalue weighted by Gasteiger charge is -2.36. The van der Waals surface area contributed by atoms with Gasteiger partial charge in [-0.2, -0.15) is 0 Å². The zero-order valence-electron chi connectivity index (χ0n) is 14.1. The van der Waals surface area contributed by atoms with Crippen LogP contribution in [-0.2, 0) is 4.79 Å². The first-order chi connectivity index (χ1) is 10.2. The summed E-state index contributed by atoms with van der Waals surface area (Å²) in [6.07, 6.45) is 10.9. The Balaban J connectivity index is 1.87. The number of amides is 1. The predicted molar refractivity (Wildman–Crippen MR) is 88.3 cm³/mol. The van der Waals surface area contributed by atoms with Crippen molar-refractivity contribution in [3.63, 3.8) is 0 Å². The molecule has 1 unspecified atom stereocenters. The van der Waals surface area contributed by atoms with Gasteiger partial charge in [0, 0.05) is 19.0 Å². The SMILES string of the molecule is CCCN(C(=O)CC(C)C1CCCCC1)C1CCNCC1. The van der Waals surface area contributed by atoms with Crippen molar-refractivity contribution in [3.05, 3.63) is 0 Å². The van der Waals surface area contributed by atoms with Gasteiger partial charge < -0.3 is 10.2 Å². The lowest BCUT2D eigenvalue weighted by atomic mass is 9.79. The maximum atomic E-state index is 12.8. The molecule has 122 valence electrons. The summed E-state index contributed by atoms with van der Waals surface area (Å²) in [5.74, 6) is 1.78. The topological polar surface area (TPSA) is 32.3 Å². The summed E-state index contributed by atoms with van der Waals surface area (Å²) in [6, 6.07) is 0.484. The Hall–Kier alpha value is -0.570. The number of carbonyl (C=O) groups is 1. The van der Waals surface area contributed by atoms with Crippen molar-refractivity contribution in [2.24, 2.45) is 11.8 Å². The average molecular weight is 294 g/mol. The first-order valence-electron chi connectivity index (χ1n) is 9.22. The molecule has 2 fully saturated rings. The zero-order chi connectivity index (χ0) is 15.1. The molecule has 1 saturated carbocycles. The fourth-order valence-corrected chi connectivity index (χ4v) is 4.13. The third-order valence-electron chi connectivity index (χ3n) is 5.49. The van der Waals surface area contributed by atoms with Crippen LogP contribution in [0.2, 0.25) is 0 Å². The standard InChI is InChI=1S/C18H34N2O/c1-3-13-20(17-9-11-19-12-10-17)18(21)14-15(2)16-7-5-4-6-8-16/h15-17,19H,3-14H2,1-2H3. The van der Waals surface area contributed by atoms with Crippen LogP contribution >= 0.6 is 0 Å². The molecule has 0 aromatic heterocycles. The smallest absolute Gasteiger partial charge is 0.223 e. The maximum absolute atomic E-state index is 12.8. The Morgan fingerprint density at radius 1 is 1.14 bits per heavy atom. The molecular weight excluding hydrogens is 260 g/mol. The van der Waals surface area contributed by atoms with Crippen LogP contribution in [-0.4, -0.2) is 36.5 Å². The molecule has 0 aromatic rings. The molecule has 0 bridgehead atoms. The minimum Gasteiger partial charge on any atom is -0.340 e. The van der Waals surface area contributed by atoms with Gasteiger partial charge in [0.05, 0.1) is 0 Å². The van der Waals surface area contributed by atoms with E-state index < -0.39 is 0 Å². The van der Waals surface area contributed by atoms with Gasteiger partial charge in [-0.1, -0.05) is 46.0 Å². The van der Waals surface area contributed by atoms with Crippen LogP contribution in [0.1, 0.15) is 71.6 Å². The molecule has 0 aromatic carbocycles. The van der Waals surface area contributed by atoms with Crippen LogP contribution < -0.4 is 5.32 Å². The normalized spacial score (nSPS) is 23.0. The van der Waals surface area contributed by atoms with Crippen LogP contribution in [0.4, 0.5) is 0 Å². The Morgan fingerprint density at radius 2 is 1.81 bits per heavy atom. The van der Waals surface area contributed by atoms with Crippen molar-refractivity contribution in [2.75, 3.05) is 19.6 Å². The molecule has 1 saturated heterocycles. The summed E-state index contributed by atoms with van der Waals surface area (Å²) in [4.78, 5) is 15.0. The highest BCUT2D eigenvalue weighted by molar-refractivity contribution is 5.76. The van der Waals surface area contributed by atoms with Gasteiger partial charge in [0.2, 0.25) is 5.91 Å². The first kappa shape index (κ1) is 16.8. The molecule has 0 spiro atoms. The van der Waals surface area contributed by atoms with Crippen molar-refractivity contribution < 1.29 is 4.79 Å². The molecule has 2 rings (SSSR count). The van der Waals surface area contributed by atoms with Crippen molar-refractivity contribution in [1.82, 2.24) is 10.2 Å². The molecule has 1 N–H and O–H groups in total. The monoisotopic (exact) mass is 294 g/mol. The fraction of sp³-hybridized carbons (Fsp3) is 0.944. The molecule has 3 nitrogen and oxygen atoms in total. The summed E-state index contributed by atoms with van der Waals surface area (Å²) in [5, 5.41) is 3.41. The van der Waals surface area contributed by atoms with Crippen molar-refractivity contribution in [3.8, 4) is 0 Å². The van der Waals surface area contributed by atoms with Gasteiger partial charge in [-0.3, -0.25) is 4.79 Å². The molecule has 1 aliphatic heterocycles. The lowest BCUT2D eigenvalue weighted by molar-refractivity contribution is -0.135. The van der Waals surface area contributed by atoms with E-state index in [4.69, 9.17) is 0 Å². The molecule has 21 heavy (non-hydrogen) atoms. The van der Waals surface area contributed by atoms with Crippen molar-refractivity contribution in [1.29, 1.82) is 0 Å². The highest BCUT2D eigenvalue weighted by atomic mass is 16.2. The Morgan fingerprint density at radius 3 is 2.43 bits per heavy atom. The summed E-state index contributed by atoms with van der Waals surface area (Å²) in [7, 11) is 0. The number of hydrogen-bond acceptors (Lipinski definition) is 2. The molecule has 0 radical (unpaired) electrons. The van der Waals surface area contributed by atoms with Crippen LogP contribution in [0.25, 0.3) is 0 Å². The third kappa shape index (κ3) is 4.98. The Kier molecular flexibility index (Phi) is 7.01. The van der Waals surface area contributed by atoms with Gasteiger partial charge in [0.25, 0.3) is 0 Å². The van der Waals surface area contributed by atoms with Crippen LogP contribution in [0.3, 0.4) is 0 Å². The zero-order valence-corrected chi connectivity index (χ0v) is 14.1. The molecule has 3 heteroatoms. The number of hydrogen-bond donors (Lipinski definition) is 1. The molecule has 1 amide bonds. The van der Waals surface area contributed by atoms with Gasteiger partial charge in [-0.15, -0.1) is 0 Å². The van der Waals surface area contributed by atoms with Crippen LogP contribution in [0, 0.1) is 11.8 Å². The van der Waals surface area contributed by atoms with Gasteiger partial charge in [-0.25, -0.2) is 0 Å². The lowest BCUT2D eigenvalue weighted by Crippen LogP contribution is -2.47. The first-order valence-corrected chi connectivity index (χ1v) is 9.22. The van der Waals surface area contributed by atoms with E-state index in [1.54, 1.807) is 0 Å².